The molecule has 0 saturated carbocycles. The van der Waals surface area contributed by atoms with E-state index in [4.69, 9.17) is 32.7 Å². The van der Waals surface area contributed by atoms with E-state index in [1.165, 1.54) is 0 Å². The number of hydrogen-bond acceptors (Lipinski definition) is 3. The molecule has 17 heavy (non-hydrogen) atoms. The van der Waals surface area contributed by atoms with Gasteiger partial charge in [0.25, 0.3) is 0 Å². The summed E-state index contributed by atoms with van der Waals surface area (Å²) in [7, 11) is 0. The largest absolute Gasteiger partial charge is 0.476 e. The van der Waals surface area contributed by atoms with Crippen molar-refractivity contribution in [2.24, 2.45) is 5.92 Å². The lowest BCUT2D eigenvalue weighted by atomic mass is 10.0. The van der Waals surface area contributed by atoms with Crippen LogP contribution < -0.4 is 4.74 Å². The van der Waals surface area contributed by atoms with E-state index in [0.717, 1.165) is 31.6 Å². The van der Waals surface area contributed by atoms with Gasteiger partial charge in [-0.1, -0.05) is 11.6 Å². The van der Waals surface area contributed by atoms with E-state index in [9.17, 15) is 0 Å². The summed E-state index contributed by atoms with van der Waals surface area (Å²) < 4.78 is 10.9. The van der Waals surface area contributed by atoms with E-state index in [1.54, 1.807) is 12.3 Å². The first-order valence-electron chi connectivity index (χ1n) is 5.70. The van der Waals surface area contributed by atoms with E-state index in [1.807, 2.05) is 0 Å². The standard InChI is InChI=1S/C12H15Cl2NO2/c13-6-10-5-11(14)12(15-7-10)17-8-9-1-3-16-4-2-9/h5,7,9H,1-4,6,8H2. The van der Waals surface area contributed by atoms with Crippen LogP contribution in [0, 0.1) is 5.92 Å². The third-order valence-corrected chi connectivity index (χ3v) is 3.39. The fourth-order valence-corrected chi connectivity index (χ4v) is 2.14. The zero-order valence-electron chi connectivity index (χ0n) is 9.49. The molecule has 0 spiro atoms. The fraction of sp³-hybridized carbons (Fsp3) is 0.583. The van der Waals surface area contributed by atoms with Crippen molar-refractivity contribution in [2.45, 2.75) is 18.7 Å². The van der Waals surface area contributed by atoms with Crippen LogP contribution in [0.2, 0.25) is 5.02 Å². The molecule has 1 aliphatic rings. The van der Waals surface area contributed by atoms with Gasteiger partial charge >= 0.3 is 0 Å². The van der Waals surface area contributed by atoms with Crippen molar-refractivity contribution < 1.29 is 9.47 Å². The Labute approximate surface area is 111 Å². The van der Waals surface area contributed by atoms with Crippen molar-refractivity contribution in [1.82, 2.24) is 4.98 Å². The monoisotopic (exact) mass is 275 g/mol. The second kappa shape index (κ2) is 6.43. The Kier molecular flexibility index (Phi) is 4.89. The van der Waals surface area contributed by atoms with E-state index in [-0.39, 0.29) is 0 Å². The van der Waals surface area contributed by atoms with Gasteiger partial charge in [0.1, 0.15) is 5.02 Å². The van der Waals surface area contributed by atoms with Gasteiger partial charge in [0.2, 0.25) is 5.88 Å². The first-order chi connectivity index (χ1) is 8.29. The quantitative estimate of drug-likeness (QED) is 0.791. The normalized spacial score (nSPS) is 17.1. The number of rotatable bonds is 4. The molecule has 0 amide bonds. The lowest BCUT2D eigenvalue weighted by molar-refractivity contribution is 0.0490. The van der Waals surface area contributed by atoms with Crippen LogP contribution in [0.3, 0.4) is 0 Å². The number of alkyl halides is 1. The summed E-state index contributed by atoms with van der Waals surface area (Å²) in [6, 6.07) is 1.79. The molecule has 0 aliphatic carbocycles. The minimum atomic E-state index is 0.410. The minimum absolute atomic E-state index is 0.410. The number of nitrogens with zero attached hydrogens (tertiary/aromatic N) is 1. The summed E-state index contributed by atoms with van der Waals surface area (Å²) in [5.41, 5.74) is 0.898. The summed E-state index contributed by atoms with van der Waals surface area (Å²) in [6.07, 6.45) is 3.77. The van der Waals surface area contributed by atoms with Gasteiger partial charge in [-0.2, -0.15) is 0 Å². The summed E-state index contributed by atoms with van der Waals surface area (Å²) >= 11 is 11.8. The lowest BCUT2D eigenvalue weighted by Gasteiger charge is -2.21. The third-order valence-electron chi connectivity index (χ3n) is 2.81. The molecule has 0 radical (unpaired) electrons. The molecular formula is C12H15Cl2NO2. The van der Waals surface area contributed by atoms with Crippen LogP contribution in [0.15, 0.2) is 12.3 Å². The Bertz CT molecular complexity index is 368. The zero-order valence-corrected chi connectivity index (χ0v) is 11.0. The lowest BCUT2D eigenvalue weighted by Crippen LogP contribution is -2.21. The van der Waals surface area contributed by atoms with E-state index < -0.39 is 0 Å². The highest BCUT2D eigenvalue weighted by Crippen LogP contribution is 2.24. The molecule has 5 heteroatoms. The van der Waals surface area contributed by atoms with Crippen molar-refractivity contribution >= 4 is 23.2 Å². The van der Waals surface area contributed by atoms with Crippen molar-refractivity contribution in [3.05, 3.63) is 22.8 Å². The van der Waals surface area contributed by atoms with Crippen LogP contribution in [0.1, 0.15) is 18.4 Å². The molecule has 1 aromatic rings. The minimum Gasteiger partial charge on any atom is -0.476 e. The molecule has 0 N–H and O–H groups in total. The summed E-state index contributed by atoms with van der Waals surface area (Å²) in [4.78, 5) is 4.16. The highest BCUT2D eigenvalue weighted by Gasteiger charge is 2.15. The van der Waals surface area contributed by atoms with Gasteiger partial charge in [-0.05, 0) is 30.4 Å². The average molecular weight is 276 g/mol. The molecular weight excluding hydrogens is 261 g/mol. The highest BCUT2D eigenvalue weighted by atomic mass is 35.5. The van der Waals surface area contributed by atoms with Gasteiger partial charge in [-0.3, -0.25) is 0 Å². The molecule has 94 valence electrons. The van der Waals surface area contributed by atoms with Gasteiger partial charge in [0, 0.05) is 25.3 Å². The molecule has 1 aromatic heterocycles. The maximum atomic E-state index is 6.06. The number of ether oxygens (including phenoxy) is 2. The topological polar surface area (TPSA) is 31.4 Å². The SMILES string of the molecule is ClCc1cnc(OCC2CCOCC2)c(Cl)c1. The molecule has 0 bridgehead atoms. The fourth-order valence-electron chi connectivity index (χ4n) is 1.75. The number of halogens is 2. The van der Waals surface area contributed by atoms with E-state index in [0.29, 0.717) is 29.3 Å². The van der Waals surface area contributed by atoms with Gasteiger partial charge < -0.3 is 9.47 Å². The Hall–Kier alpha value is -0.510. The smallest absolute Gasteiger partial charge is 0.232 e. The van der Waals surface area contributed by atoms with Crippen molar-refractivity contribution in [3.63, 3.8) is 0 Å². The van der Waals surface area contributed by atoms with Crippen molar-refractivity contribution in [1.29, 1.82) is 0 Å². The van der Waals surface area contributed by atoms with Gasteiger partial charge in [-0.15, -0.1) is 11.6 Å². The van der Waals surface area contributed by atoms with Crippen LogP contribution in [0.4, 0.5) is 0 Å². The Balaban J connectivity index is 1.89. The first kappa shape index (κ1) is 12.9. The zero-order chi connectivity index (χ0) is 12.1. The molecule has 1 fully saturated rings. The first-order valence-corrected chi connectivity index (χ1v) is 6.62. The summed E-state index contributed by atoms with van der Waals surface area (Å²) in [6.45, 7) is 2.29. The molecule has 2 rings (SSSR count). The number of pyridine rings is 1. The third kappa shape index (κ3) is 3.73. The second-order valence-electron chi connectivity index (χ2n) is 4.13. The molecule has 0 atom stereocenters. The number of hydrogen-bond donors (Lipinski definition) is 0. The predicted octanol–water partition coefficient (Wildman–Crippen LogP) is 3.28. The molecule has 0 unspecified atom stereocenters. The second-order valence-corrected chi connectivity index (χ2v) is 4.81. The maximum absolute atomic E-state index is 6.06. The molecule has 1 saturated heterocycles. The molecule has 2 heterocycles. The van der Waals surface area contributed by atoms with Gasteiger partial charge in [0.15, 0.2) is 0 Å². The van der Waals surface area contributed by atoms with E-state index in [2.05, 4.69) is 4.98 Å². The van der Waals surface area contributed by atoms with Crippen LogP contribution >= 0.6 is 23.2 Å². The van der Waals surface area contributed by atoms with Crippen LogP contribution in [-0.2, 0) is 10.6 Å². The molecule has 1 aliphatic heterocycles. The van der Waals surface area contributed by atoms with Gasteiger partial charge in [0.05, 0.1) is 6.61 Å². The van der Waals surface area contributed by atoms with Crippen LogP contribution in [0.25, 0.3) is 0 Å². The average Bonchev–Trinajstić information content (AvgIpc) is 2.38. The maximum Gasteiger partial charge on any atom is 0.232 e. The van der Waals surface area contributed by atoms with E-state index >= 15 is 0 Å². The summed E-state index contributed by atoms with van der Waals surface area (Å²) in [5, 5.41) is 0.523. The Morgan fingerprint density at radius 1 is 1.41 bits per heavy atom. The summed E-state index contributed by atoms with van der Waals surface area (Å²) in [5.74, 6) is 1.44. The van der Waals surface area contributed by atoms with Crippen molar-refractivity contribution in [2.75, 3.05) is 19.8 Å². The Morgan fingerprint density at radius 2 is 2.18 bits per heavy atom. The van der Waals surface area contributed by atoms with Crippen LogP contribution in [-0.4, -0.2) is 24.8 Å². The number of aromatic nitrogens is 1. The van der Waals surface area contributed by atoms with Gasteiger partial charge in [-0.25, -0.2) is 4.98 Å². The highest BCUT2D eigenvalue weighted by molar-refractivity contribution is 6.32. The molecule has 3 nitrogen and oxygen atoms in total. The molecule has 0 aromatic carbocycles. The Morgan fingerprint density at radius 3 is 2.82 bits per heavy atom. The predicted molar refractivity (Wildman–Crippen MR) is 67.8 cm³/mol. The van der Waals surface area contributed by atoms with Crippen LogP contribution in [0.5, 0.6) is 5.88 Å². The van der Waals surface area contributed by atoms with Crippen molar-refractivity contribution in [3.8, 4) is 5.88 Å².